The van der Waals surface area contributed by atoms with Gasteiger partial charge in [-0.2, -0.15) is 4.39 Å². The molecule has 0 aliphatic rings. The number of hydrogen-bond donors (Lipinski definition) is 2. The number of nitrogens with one attached hydrogen (secondary N) is 1. The molecule has 0 spiro atoms. The maximum absolute atomic E-state index is 13.5. The van der Waals surface area contributed by atoms with Gasteiger partial charge in [0, 0.05) is 18.2 Å². The highest BCUT2D eigenvalue weighted by Gasteiger charge is 2.16. The summed E-state index contributed by atoms with van der Waals surface area (Å²) in [5, 5.41) is 13.4. The maximum Gasteiger partial charge on any atom is 0.305 e. The monoisotopic (exact) mass is 227 g/mol. The highest BCUT2D eigenvalue weighted by atomic mass is 19.1. The van der Waals surface area contributed by atoms with Crippen molar-refractivity contribution in [1.29, 1.82) is 0 Å². The minimum Gasteiger partial charge on any atom is -0.330 e. The van der Waals surface area contributed by atoms with Crippen LogP contribution in [0.25, 0.3) is 0 Å². The van der Waals surface area contributed by atoms with E-state index in [1.807, 2.05) is 0 Å². The smallest absolute Gasteiger partial charge is 0.305 e. The Morgan fingerprint density at radius 1 is 1.50 bits per heavy atom. The Balaban J connectivity index is 2.66. The molecule has 0 heterocycles. The first-order valence-electron chi connectivity index (χ1n) is 4.99. The molecule has 3 N–H and O–H groups in total. The molecule has 0 saturated carbocycles. The van der Waals surface area contributed by atoms with Gasteiger partial charge in [0.15, 0.2) is 0 Å². The number of halogens is 1. The number of nitro groups is 1. The van der Waals surface area contributed by atoms with Crippen LogP contribution in [-0.4, -0.2) is 18.0 Å². The van der Waals surface area contributed by atoms with Gasteiger partial charge in [-0.15, -0.1) is 0 Å². The molecular formula is C10H14FN3O2. The second kappa shape index (κ2) is 6.14. The third-order valence-electron chi connectivity index (χ3n) is 2.13. The van der Waals surface area contributed by atoms with Crippen molar-refractivity contribution >= 4 is 5.69 Å². The van der Waals surface area contributed by atoms with Crippen LogP contribution in [-0.2, 0) is 6.54 Å². The fraction of sp³-hybridized carbons (Fsp3) is 0.400. The molecule has 0 amide bonds. The maximum atomic E-state index is 13.5. The number of benzene rings is 1. The van der Waals surface area contributed by atoms with Crippen LogP contribution < -0.4 is 11.1 Å². The molecular weight excluding hydrogens is 213 g/mol. The van der Waals surface area contributed by atoms with E-state index in [4.69, 9.17) is 5.73 Å². The lowest BCUT2D eigenvalue weighted by Gasteiger charge is -2.05. The van der Waals surface area contributed by atoms with Gasteiger partial charge in [0.05, 0.1) is 4.92 Å². The topological polar surface area (TPSA) is 81.2 Å². The Labute approximate surface area is 92.6 Å². The quantitative estimate of drug-likeness (QED) is 0.434. The normalized spacial score (nSPS) is 10.4. The molecule has 0 fully saturated rings. The molecule has 0 aliphatic carbocycles. The first kappa shape index (κ1) is 12.5. The zero-order valence-corrected chi connectivity index (χ0v) is 8.78. The predicted octanol–water partition coefficient (Wildman–Crippen LogP) is 1.17. The van der Waals surface area contributed by atoms with Crippen molar-refractivity contribution in [2.24, 2.45) is 5.73 Å². The van der Waals surface area contributed by atoms with Crippen LogP contribution in [0, 0.1) is 15.9 Å². The zero-order chi connectivity index (χ0) is 12.0. The Hall–Kier alpha value is -1.53. The predicted molar refractivity (Wildman–Crippen MR) is 58.4 cm³/mol. The summed E-state index contributed by atoms with van der Waals surface area (Å²) in [6, 6.07) is 4.15. The number of rotatable bonds is 6. The molecule has 1 aromatic carbocycles. The average Bonchev–Trinajstić information content (AvgIpc) is 2.26. The van der Waals surface area contributed by atoms with Gasteiger partial charge in [0.1, 0.15) is 0 Å². The Bertz CT molecular complexity index is 371. The first-order chi connectivity index (χ1) is 7.66. The summed E-state index contributed by atoms with van der Waals surface area (Å²) in [5.41, 5.74) is 5.11. The summed E-state index contributed by atoms with van der Waals surface area (Å²) in [5.74, 6) is -0.771. The van der Waals surface area contributed by atoms with Crippen LogP contribution in [0.4, 0.5) is 10.1 Å². The van der Waals surface area contributed by atoms with E-state index >= 15 is 0 Å². The number of hydrogen-bond acceptors (Lipinski definition) is 4. The third-order valence-corrected chi connectivity index (χ3v) is 2.13. The van der Waals surface area contributed by atoms with Crippen LogP contribution >= 0.6 is 0 Å². The molecule has 88 valence electrons. The first-order valence-corrected chi connectivity index (χ1v) is 4.99. The molecule has 0 saturated heterocycles. The summed E-state index contributed by atoms with van der Waals surface area (Å²) in [7, 11) is 0. The third kappa shape index (κ3) is 3.25. The largest absolute Gasteiger partial charge is 0.330 e. The van der Waals surface area contributed by atoms with Gasteiger partial charge in [-0.05, 0) is 19.5 Å². The molecule has 6 heteroatoms. The van der Waals surface area contributed by atoms with E-state index in [-0.39, 0.29) is 6.54 Å². The van der Waals surface area contributed by atoms with Gasteiger partial charge in [0.2, 0.25) is 5.82 Å². The van der Waals surface area contributed by atoms with E-state index in [0.29, 0.717) is 18.7 Å². The van der Waals surface area contributed by atoms with Gasteiger partial charge in [-0.3, -0.25) is 10.1 Å². The molecule has 0 atom stereocenters. The SMILES string of the molecule is NCCCNCc1cccc([N+](=O)[O-])c1F. The Morgan fingerprint density at radius 2 is 2.25 bits per heavy atom. The van der Waals surface area contributed by atoms with E-state index in [2.05, 4.69) is 5.32 Å². The van der Waals surface area contributed by atoms with Crippen molar-refractivity contribution in [3.63, 3.8) is 0 Å². The fourth-order valence-electron chi connectivity index (χ4n) is 1.29. The standard InChI is InChI=1S/C10H14FN3O2/c11-10-8(7-13-6-2-5-12)3-1-4-9(10)14(15)16/h1,3-4,13H,2,5-7,12H2. The number of nitrogens with zero attached hydrogens (tertiary/aromatic N) is 1. The van der Waals surface area contributed by atoms with E-state index in [1.54, 1.807) is 0 Å². The Morgan fingerprint density at radius 3 is 2.88 bits per heavy atom. The van der Waals surface area contributed by atoms with Crippen molar-refractivity contribution in [2.45, 2.75) is 13.0 Å². The molecule has 0 aliphatic heterocycles. The van der Waals surface area contributed by atoms with E-state index in [9.17, 15) is 14.5 Å². The van der Waals surface area contributed by atoms with Crippen molar-refractivity contribution in [3.8, 4) is 0 Å². The van der Waals surface area contributed by atoms with Crippen LogP contribution in [0.2, 0.25) is 0 Å². The Kier molecular flexibility index (Phi) is 4.81. The lowest BCUT2D eigenvalue weighted by Crippen LogP contribution is -2.18. The molecule has 0 radical (unpaired) electrons. The summed E-state index contributed by atoms with van der Waals surface area (Å²) in [6.45, 7) is 1.50. The molecule has 1 aromatic rings. The van der Waals surface area contributed by atoms with Gasteiger partial charge in [-0.1, -0.05) is 12.1 Å². The summed E-state index contributed by atoms with van der Waals surface area (Å²) in [6.07, 6.45) is 0.788. The summed E-state index contributed by atoms with van der Waals surface area (Å²) in [4.78, 5) is 9.76. The van der Waals surface area contributed by atoms with Gasteiger partial charge >= 0.3 is 5.69 Å². The second-order valence-corrected chi connectivity index (χ2v) is 3.33. The van der Waals surface area contributed by atoms with Crippen LogP contribution in [0.3, 0.4) is 0 Å². The number of nitrogens with two attached hydrogens (primary N) is 1. The lowest BCUT2D eigenvalue weighted by molar-refractivity contribution is -0.387. The minimum atomic E-state index is -0.771. The van der Waals surface area contributed by atoms with Crippen molar-refractivity contribution in [1.82, 2.24) is 5.32 Å². The highest BCUT2D eigenvalue weighted by molar-refractivity contribution is 5.36. The van der Waals surface area contributed by atoms with E-state index in [0.717, 1.165) is 12.5 Å². The molecule has 5 nitrogen and oxygen atoms in total. The van der Waals surface area contributed by atoms with Gasteiger partial charge < -0.3 is 11.1 Å². The van der Waals surface area contributed by atoms with Crippen molar-refractivity contribution in [3.05, 3.63) is 39.7 Å². The minimum absolute atomic E-state index is 0.271. The summed E-state index contributed by atoms with van der Waals surface area (Å²) >= 11 is 0. The van der Waals surface area contributed by atoms with Gasteiger partial charge in [0.25, 0.3) is 0 Å². The van der Waals surface area contributed by atoms with Crippen LogP contribution in [0.1, 0.15) is 12.0 Å². The molecule has 0 unspecified atom stereocenters. The fourth-order valence-corrected chi connectivity index (χ4v) is 1.29. The molecule has 0 bridgehead atoms. The van der Waals surface area contributed by atoms with Crippen molar-refractivity contribution < 1.29 is 9.31 Å². The zero-order valence-electron chi connectivity index (χ0n) is 8.78. The van der Waals surface area contributed by atoms with Crippen LogP contribution in [0.5, 0.6) is 0 Å². The van der Waals surface area contributed by atoms with Gasteiger partial charge in [-0.25, -0.2) is 0 Å². The second-order valence-electron chi connectivity index (χ2n) is 3.33. The molecule has 0 aromatic heterocycles. The summed E-state index contributed by atoms with van der Waals surface area (Å²) < 4.78 is 13.5. The lowest BCUT2D eigenvalue weighted by atomic mass is 10.2. The average molecular weight is 227 g/mol. The van der Waals surface area contributed by atoms with Crippen molar-refractivity contribution in [2.75, 3.05) is 13.1 Å². The molecule has 16 heavy (non-hydrogen) atoms. The van der Waals surface area contributed by atoms with Crippen LogP contribution in [0.15, 0.2) is 18.2 Å². The molecule has 1 rings (SSSR count). The highest BCUT2D eigenvalue weighted by Crippen LogP contribution is 2.19. The van der Waals surface area contributed by atoms with E-state index < -0.39 is 16.4 Å². The van der Waals surface area contributed by atoms with E-state index in [1.165, 1.54) is 12.1 Å². The number of nitro benzene ring substituents is 1.